The fourth-order valence-corrected chi connectivity index (χ4v) is 2.58. The van der Waals surface area contributed by atoms with Crippen LogP contribution in [0.1, 0.15) is 32.3 Å². The third-order valence-corrected chi connectivity index (χ3v) is 3.96. The Morgan fingerprint density at radius 2 is 2.08 bits per heavy atom. The number of hydrogen-bond acceptors (Lipinski definition) is 3. The van der Waals surface area contributed by atoms with Crippen molar-refractivity contribution in [2.24, 2.45) is 10.9 Å². The summed E-state index contributed by atoms with van der Waals surface area (Å²) in [6, 6.07) is 8.34. The van der Waals surface area contributed by atoms with Crippen LogP contribution in [0.15, 0.2) is 29.3 Å². The largest absolute Gasteiger partial charge is 0.493 e. The lowest BCUT2D eigenvalue weighted by atomic mass is 10.1. The molecule has 1 aromatic carbocycles. The van der Waals surface area contributed by atoms with Crippen molar-refractivity contribution in [2.45, 2.75) is 39.2 Å². The number of nitrogens with zero attached hydrogens (tertiary/aromatic N) is 1. The van der Waals surface area contributed by atoms with Crippen LogP contribution in [-0.2, 0) is 11.2 Å². The van der Waals surface area contributed by atoms with E-state index in [0.29, 0.717) is 12.0 Å². The van der Waals surface area contributed by atoms with Gasteiger partial charge in [-0.05, 0) is 42.9 Å². The van der Waals surface area contributed by atoms with Crippen LogP contribution in [0.4, 0.5) is 0 Å². The van der Waals surface area contributed by atoms with Crippen molar-refractivity contribution in [3.05, 3.63) is 29.8 Å². The summed E-state index contributed by atoms with van der Waals surface area (Å²) in [4.78, 5) is 4.25. The Labute approximate surface area is 145 Å². The molecule has 5 nitrogen and oxygen atoms in total. The molecule has 2 N–H and O–H groups in total. The minimum absolute atomic E-state index is 0.321. The first-order valence-corrected chi connectivity index (χ1v) is 8.95. The highest BCUT2D eigenvalue weighted by atomic mass is 16.5. The van der Waals surface area contributed by atoms with E-state index in [1.165, 1.54) is 5.56 Å². The molecule has 134 valence electrons. The van der Waals surface area contributed by atoms with Crippen molar-refractivity contribution >= 4 is 5.96 Å². The summed E-state index contributed by atoms with van der Waals surface area (Å²) in [7, 11) is 1.80. The van der Waals surface area contributed by atoms with Gasteiger partial charge in [-0.25, -0.2) is 0 Å². The maximum atomic E-state index is 5.71. The number of guanidine groups is 1. The SMILES string of the molecule is CN=C(NCCc1ccc(OCC(C)C)cc1)NCC1CCCO1. The molecule has 1 saturated heterocycles. The molecule has 1 aromatic rings. The van der Waals surface area contributed by atoms with E-state index in [2.05, 4.69) is 41.6 Å². The molecule has 0 amide bonds. The van der Waals surface area contributed by atoms with Gasteiger partial charge in [-0.1, -0.05) is 26.0 Å². The van der Waals surface area contributed by atoms with Gasteiger partial charge >= 0.3 is 0 Å². The smallest absolute Gasteiger partial charge is 0.191 e. The lowest BCUT2D eigenvalue weighted by molar-refractivity contribution is 0.114. The van der Waals surface area contributed by atoms with Crippen molar-refractivity contribution < 1.29 is 9.47 Å². The average molecular weight is 333 g/mol. The Morgan fingerprint density at radius 1 is 1.29 bits per heavy atom. The predicted octanol–water partition coefficient (Wildman–Crippen LogP) is 2.61. The molecule has 1 aliphatic heterocycles. The highest BCUT2D eigenvalue weighted by Gasteiger charge is 2.15. The minimum atomic E-state index is 0.321. The fraction of sp³-hybridized carbons (Fsp3) is 0.632. The first-order chi connectivity index (χ1) is 11.7. The fourth-order valence-electron chi connectivity index (χ4n) is 2.58. The molecule has 0 radical (unpaired) electrons. The van der Waals surface area contributed by atoms with E-state index in [1.807, 2.05) is 12.1 Å². The highest BCUT2D eigenvalue weighted by Crippen LogP contribution is 2.13. The number of ether oxygens (including phenoxy) is 2. The molecule has 1 atom stereocenters. The minimum Gasteiger partial charge on any atom is -0.493 e. The second-order valence-corrected chi connectivity index (χ2v) is 6.61. The monoisotopic (exact) mass is 333 g/mol. The van der Waals surface area contributed by atoms with Crippen LogP contribution in [0, 0.1) is 5.92 Å². The number of aliphatic imine (C=N–C) groups is 1. The summed E-state index contributed by atoms with van der Waals surface area (Å²) in [5, 5.41) is 6.68. The molecule has 0 saturated carbocycles. The van der Waals surface area contributed by atoms with Gasteiger partial charge in [-0.3, -0.25) is 4.99 Å². The average Bonchev–Trinajstić information content (AvgIpc) is 3.10. The number of benzene rings is 1. The van der Waals surface area contributed by atoms with Gasteiger partial charge in [0, 0.05) is 26.7 Å². The number of nitrogens with one attached hydrogen (secondary N) is 2. The zero-order chi connectivity index (χ0) is 17.2. The molecule has 2 rings (SSSR count). The molecule has 1 fully saturated rings. The number of hydrogen-bond donors (Lipinski definition) is 2. The summed E-state index contributed by atoms with van der Waals surface area (Å²) in [6.45, 7) is 7.61. The third kappa shape index (κ3) is 6.79. The highest BCUT2D eigenvalue weighted by molar-refractivity contribution is 5.79. The van der Waals surface area contributed by atoms with Crippen LogP contribution < -0.4 is 15.4 Å². The summed E-state index contributed by atoms with van der Waals surface area (Å²) in [6.07, 6.45) is 3.57. The lowest BCUT2D eigenvalue weighted by Gasteiger charge is -2.15. The molecule has 0 bridgehead atoms. The first-order valence-electron chi connectivity index (χ1n) is 8.95. The Morgan fingerprint density at radius 3 is 2.71 bits per heavy atom. The zero-order valence-corrected chi connectivity index (χ0v) is 15.2. The van der Waals surface area contributed by atoms with Crippen LogP contribution in [0.5, 0.6) is 5.75 Å². The second-order valence-electron chi connectivity index (χ2n) is 6.61. The summed E-state index contributed by atoms with van der Waals surface area (Å²) >= 11 is 0. The van der Waals surface area contributed by atoms with Crippen LogP contribution in [-0.4, -0.2) is 45.4 Å². The van der Waals surface area contributed by atoms with Gasteiger partial charge in [0.05, 0.1) is 12.7 Å². The summed E-state index contributed by atoms with van der Waals surface area (Å²) in [5.41, 5.74) is 1.29. The van der Waals surface area contributed by atoms with E-state index in [-0.39, 0.29) is 0 Å². The molecular weight excluding hydrogens is 302 g/mol. The standard InChI is InChI=1S/C19H31N3O2/c1-15(2)14-24-17-8-6-16(7-9-17)10-11-21-19(20-3)22-13-18-5-4-12-23-18/h6-9,15,18H,4-5,10-14H2,1-3H3,(H2,20,21,22). The maximum Gasteiger partial charge on any atom is 0.191 e. The van der Waals surface area contributed by atoms with Crippen molar-refractivity contribution in [3.8, 4) is 5.75 Å². The third-order valence-electron chi connectivity index (χ3n) is 3.96. The normalized spacial score (nSPS) is 18.0. The Bertz CT molecular complexity index is 494. The number of rotatable bonds is 8. The van der Waals surface area contributed by atoms with Crippen LogP contribution in [0.3, 0.4) is 0 Å². The van der Waals surface area contributed by atoms with Gasteiger partial charge in [-0.2, -0.15) is 0 Å². The van der Waals surface area contributed by atoms with Gasteiger partial charge in [0.15, 0.2) is 5.96 Å². The molecular formula is C19H31N3O2. The summed E-state index contributed by atoms with van der Waals surface area (Å²) < 4.78 is 11.3. The Balaban J connectivity index is 1.66. The van der Waals surface area contributed by atoms with Gasteiger partial charge in [0.25, 0.3) is 0 Å². The van der Waals surface area contributed by atoms with E-state index in [0.717, 1.165) is 57.3 Å². The van der Waals surface area contributed by atoms with Crippen molar-refractivity contribution in [2.75, 3.05) is 33.4 Å². The molecule has 0 aliphatic carbocycles. The molecule has 5 heteroatoms. The van der Waals surface area contributed by atoms with E-state index in [9.17, 15) is 0 Å². The van der Waals surface area contributed by atoms with E-state index in [1.54, 1.807) is 7.05 Å². The van der Waals surface area contributed by atoms with E-state index < -0.39 is 0 Å². The topological polar surface area (TPSA) is 54.9 Å². The Kier molecular flexibility index (Phi) is 7.89. The van der Waals surface area contributed by atoms with Crippen LogP contribution in [0.2, 0.25) is 0 Å². The Hall–Kier alpha value is -1.75. The maximum absolute atomic E-state index is 5.71. The molecule has 24 heavy (non-hydrogen) atoms. The second kappa shape index (κ2) is 10.2. The zero-order valence-electron chi connectivity index (χ0n) is 15.2. The first kappa shape index (κ1) is 18.6. The van der Waals surface area contributed by atoms with Gasteiger partial charge in [0.1, 0.15) is 5.75 Å². The lowest BCUT2D eigenvalue weighted by Crippen LogP contribution is -2.41. The molecule has 1 unspecified atom stereocenters. The van der Waals surface area contributed by atoms with Gasteiger partial charge < -0.3 is 20.1 Å². The van der Waals surface area contributed by atoms with Gasteiger partial charge in [0.2, 0.25) is 0 Å². The van der Waals surface area contributed by atoms with Crippen LogP contribution >= 0.6 is 0 Å². The van der Waals surface area contributed by atoms with Crippen LogP contribution in [0.25, 0.3) is 0 Å². The van der Waals surface area contributed by atoms with E-state index in [4.69, 9.17) is 9.47 Å². The summed E-state index contributed by atoms with van der Waals surface area (Å²) in [5.74, 6) is 2.32. The molecule has 1 aliphatic rings. The quantitative estimate of drug-likeness (QED) is 0.567. The molecule has 1 heterocycles. The van der Waals surface area contributed by atoms with Crippen molar-refractivity contribution in [1.82, 2.24) is 10.6 Å². The van der Waals surface area contributed by atoms with Gasteiger partial charge in [-0.15, -0.1) is 0 Å². The molecule has 0 spiro atoms. The van der Waals surface area contributed by atoms with Crippen molar-refractivity contribution in [3.63, 3.8) is 0 Å². The van der Waals surface area contributed by atoms with E-state index >= 15 is 0 Å². The van der Waals surface area contributed by atoms with Crippen molar-refractivity contribution in [1.29, 1.82) is 0 Å². The predicted molar refractivity (Wildman–Crippen MR) is 98.8 cm³/mol. The molecule has 0 aromatic heterocycles.